The molecule has 0 radical (unpaired) electrons. The average Bonchev–Trinajstić information content (AvgIpc) is 2.61. The minimum absolute atomic E-state index is 0.0842. The van der Waals surface area contributed by atoms with Gasteiger partial charge in [-0.2, -0.15) is 0 Å². The number of benzene rings is 1. The fourth-order valence-corrected chi connectivity index (χ4v) is 2.68. The Morgan fingerprint density at radius 3 is 2.41 bits per heavy atom. The van der Waals surface area contributed by atoms with Crippen LogP contribution in [0, 0.1) is 12.7 Å². The zero-order valence-electron chi connectivity index (χ0n) is 16.5. The number of carbonyl (C=O) groups excluding carboxylic acids is 2. The van der Waals surface area contributed by atoms with E-state index < -0.39 is 40.3 Å². The first-order chi connectivity index (χ1) is 13.4. The van der Waals surface area contributed by atoms with Crippen molar-refractivity contribution in [1.29, 1.82) is 0 Å². The molecule has 8 nitrogen and oxygen atoms in total. The monoisotopic (exact) mass is 426 g/mol. The molecule has 1 aromatic carbocycles. The lowest BCUT2D eigenvalue weighted by Crippen LogP contribution is -2.39. The summed E-state index contributed by atoms with van der Waals surface area (Å²) in [7, 11) is 1.42. The molecule has 0 aliphatic rings. The van der Waals surface area contributed by atoms with Gasteiger partial charge in [0.2, 0.25) is 5.60 Å². The quantitative estimate of drug-likeness (QED) is 0.679. The number of rotatable bonds is 5. The maximum absolute atomic E-state index is 14.5. The Kier molecular flexibility index (Phi) is 6.32. The molecule has 0 N–H and O–H groups in total. The summed E-state index contributed by atoms with van der Waals surface area (Å²) in [5, 5.41) is -0.312. The molecule has 0 aliphatic heterocycles. The zero-order valence-corrected chi connectivity index (χ0v) is 17.3. The van der Waals surface area contributed by atoms with E-state index in [9.17, 15) is 23.6 Å². The summed E-state index contributed by atoms with van der Waals surface area (Å²) in [5.41, 5.74) is -3.64. The van der Waals surface area contributed by atoms with Gasteiger partial charge in [-0.25, -0.2) is 23.3 Å². The molecule has 0 aliphatic carbocycles. The molecule has 0 saturated carbocycles. The molecule has 10 heteroatoms. The Labute approximate surface area is 170 Å². The third-order valence-electron chi connectivity index (χ3n) is 4.17. The standard InChI is InChI=1S/C19H20ClFN2O6/c1-6-28-17(26)19(3,4)29-16(25)11-8-14(13(21)9-12(11)20)23-15(24)7-10(2)22(5)18(23)27/h7-9H,6H2,1-5H3. The molecule has 156 valence electrons. The molecule has 0 fully saturated rings. The molecule has 1 aromatic heterocycles. The Morgan fingerprint density at radius 2 is 1.83 bits per heavy atom. The summed E-state index contributed by atoms with van der Waals surface area (Å²) in [5.74, 6) is -2.82. The van der Waals surface area contributed by atoms with Crippen LogP contribution >= 0.6 is 11.6 Å². The topological polar surface area (TPSA) is 96.6 Å². The third kappa shape index (κ3) is 4.40. The van der Waals surface area contributed by atoms with Gasteiger partial charge < -0.3 is 14.0 Å². The van der Waals surface area contributed by atoms with Crippen molar-refractivity contribution in [3.05, 3.63) is 61.1 Å². The van der Waals surface area contributed by atoms with Gasteiger partial charge in [0.15, 0.2) is 0 Å². The van der Waals surface area contributed by atoms with E-state index in [1.165, 1.54) is 20.9 Å². The van der Waals surface area contributed by atoms with Crippen molar-refractivity contribution in [3.63, 3.8) is 0 Å². The summed E-state index contributed by atoms with van der Waals surface area (Å²) in [4.78, 5) is 49.3. The molecule has 0 bridgehead atoms. The van der Waals surface area contributed by atoms with Gasteiger partial charge in [-0.3, -0.25) is 4.79 Å². The average molecular weight is 427 g/mol. The van der Waals surface area contributed by atoms with Gasteiger partial charge in [-0.1, -0.05) is 11.6 Å². The first-order valence-corrected chi connectivity index (χ1v) is 8.98. The Hall–Kier alpha value is -2.94. The van der Waals surface area contributed by atoms with Crippen LogP contribution in [-0.2, 0) is 21.3 Å². The maximum Gasteiger partial charge on any atom is 0.350 e. The van der Waals surface area contributed by atoms with E-state index in [0.717, 1.165) is 22.8 Å². The second-order valence-corrected chi connectivity index (χ2v) is 7.11. The van der Waals surface area contributed by atoms with Gasteiger partial charge >= 0.3 is 17.6 Å². The fourth-order valence-electron chi connectivity index (χ4n) is 2.46. The van der Waals surface area contributed by atoms with Crippen LogP contribution in [0.3, 0.4) is 0 Å². The first-order valence-electron chi connectivity index (χ1n) is 8.60. The van der Waals surface area contributed by atoms with Crippen LogP contribution in [0.25, 0.3) is 5.69 Å². The lowest BCUT2D eigenvalue weighted by atomic mass is 10.1. The Bertz CT molecular complexity index is 1100. The molecule has 1 heterocycles. The normalized spacial score (nSPS) is 11.3. The second kappa shape index (κ2) is 8.20. The van der Waals surface area contributed by atoms with Gasteiger partial charge in [-0.15, -0.1) is 0 Å². The number of halogens is 2. The highest BCUT2D eigenvalue weighted by Crippen LogP contribution is 2.25. The van der Waals surface area contributed by atoms with E-state index >= 15 is 0 Å². The third-order valence-corrected chi connectivity index (χ3v) is 4.48. The summed E-state index contributed by atoms with van der Waals surface area (Å²) in [6.45, 7) is 5.87. The van der Waals surface area contributed by atoms with E-state index in [1.54, 1.807) is 13.8 Å². The van der Waals surface area contributed by atoms with Crippen LogP contribution in [0.1, 0.15) is 36.8 Å². The van der Waals surface area contributed by atoms with Crippen LogP contribution in [-0.4, -0.2) is 33.3 Å². The number of ether oxygens (including phenoxy) is 2. The van der Waals surface area contributed by atoms with Gasteiger partial charge in [0.1, 0.15) is 5.82 Å². The van der Waals surface area contributed by atoms with Crippen LogP contribution < -0.4 is 11.2 Å². The van der Waals surface area contributed by atoms with Crippen LogP contribution in [0.2, 0.25) is 5.02 Å². The van der Waals surface area contributed by atoms with Crippen molar-refractivity contribution in [2.45, 2.75) is 33.3 Å². The molecular weight excluding hydrogens is 407 g/mol. The highest BCUT2D eigenvalue weighted by molar-refractivity contribution is 6.33. The van der Waals surface area contributed by atoms with E-state index in [4.69, 9.17) is 21.1 Å². The summed E-state index contributed by atoms with van der Waals surface area (Å²) < 4.78 is 26.3. The number of nitrogens with zero attached hydrogens (tertiary/aromatic N) is 2. The SMILES string of the molecule is CCOC(=O)C(C)(C)OC(=O)c1cc(-n2c(=O)cc(C)n(C)c2=O)c(F)cc1Cl. The predicted octanol–water partition coefficient (Wildman–Crippen LogP) is 2.14. The van der Waals surface area contributed by atoms with Gasteiger partial charge in [-0.05, 0) is 39.8 Å². The summed E-state index contributed by atoms with van der Waals surface area (Å²) >= 11 is 5.96. The highest BCUT2D eigenvalue weighted by Gasteiger charge is 2.35. The second-order valence-electron chi connectivity index (χ2n) is 6.70. The molecule has 29 heavy (non-hydrogen) atoms. The molecule has 0 amide bonds. The molecule has 0 saturated heterocycles. The molecule has 0 unspecified atom stereocenters. The van der Waals surface area contributed by atoms with Gasteiger partial charge in [0.05, 0.1) is 22.9 Å². The largest absolute Gasteiger partial charge is 0.463 e. The molecule has 2 rings (SSSR count). The van der Waals surface area contributed by atoms with E-state index in [1.807, 2.05) is 0 Å². The number of aryl methyl sites for hydroxylation is 1. The fraction of sp³-hybridized carbons (Fsp3) is 0.368. The van der Waals surface area contributed by atoms with Gasteiger partial charge in [0, 0.05) is 18.8 Å². The number of esters is 2. The molecule has 2 aromatic rings. The lowest BCUT2D eigenvalue weighted by Gasteiger charge is -2.23. The predicted molar refractivity (Wildman–Crippen MR) is 103 cm³/mol. The lowest BCUT2D eigenvalue weighted by molar-refractivity contribution is -0.161. The van der Waals surface area contributed by atoms with Crippen LogP contribution in [0.5, 0.6) is 0 Å². The molecule has 0 atom stereocenters. The van der Waals surface area contributed by atoms with Crippen molar-refractivity contribution in [3.8, 4) is 5.69 Å². The zero-order chi connectivity index (χ0) is 22.1. The number of hydrogen-bond donors (Lipinski definition) is 0. The van der Waals surface area contributed by atoms with E-state index in [-0.39, 0.29) is 17.2 Å². The summed E-state index contributed by atoms with van der Waals surface area (Å²) in [6, 6.07) is 2.87. The smallest absolute Gasteiger partial charge is 0.350 e. The molecule has 0 spiro atoms. The van der Waals surface area contributed by atoms with Gasteiger partial charge in [0.25, 0.3) is 5.56 Å². The summed E-state index contributed by atoms with van der Waals surface area (Å²) in [6.07, 6.45) is 0. The van der Waals surface area contributed by atoms with E-state index in [2.05, 4.69) is 0 Å². The minimum Gasteiger partial charge on any atom is -0.463 e. The van der Waals surface area contributed by atoms with Crippen molar-refractivity contribution in [2.24, 2.45) is 7.05 Å². The van der Waals surface area contributed by atoms with E-state index in [0.29, 0.717) is 10.3 Å². The Balaban J connectivity index is 2.58. The maximum atomic E-state index is 14.5. The van der Waals surface area contributed by atoms with Crippen LogP contribution in [0.15, 0.2) is 27.8 Å². The first kappa shape index (κ1) is 22.4. The Morgan fingerprint density at radius 1 is 1.21 bits per heavy atom. The van der Waals surface area contributed by atoms with Crippen molar-refractivity contribution < 1.29 is 23.5 Å². The minimum atomic E-state index is -1.64. The van der Waals surface area contributed by atoms with Crippen LogP contribution in [0.4, 0.5) is 4.39 Å². The highest BCUT2D eigenvalue weighted by atomic mass is 35.5. The molecular formula is C19H20ClFN2O6. The van der Waals surface area contributed by atoms with Crippen molar-refractivity contribution in [1.82, 2.24) is 9.13 Å². The number of carbonyl (C=O) groups is 2. The number of aromatic nitrogens is 2. The van der Waals surface area contributed by atoms with Crippen molar-refractivity contribution >= 4 is 23.5 Å². The number of hydrogen-bond acceptors (Lipinski definition) is 6. The van der Waals surface area contributed by atoms with Crippen molar-refractivity contribution in [2.75, 3.05) is 6.61 Å².